The second-order valence-corrected chi connectivity index (χ2v) is 6.79. The molecule has 5 nitrogen and oxygen atoms in total. The Morgan fingerprint density at radius 3 is 2.54 bits per heavy atom. The van der Waals surface area contributed by atoms with E-state index in [-0.39, 0.29) is 17.9 Å². The molecular formula is C19H19Cl2N3O2. The Kier molecular flexibility index (Phi) is 5.81. The number of methoxy groups -OCH3 is 1. The molecule has 1 heterocycles. The highest BCUT2D eigenvalue weighted by Gasteiger charge is 2.16. The largest absolute Gasteiger partial charge is 0.385 e. The molecule has 0 radical (unpaired) electrons. The topological polar surface area (TPSA) is 60.0 Å². The zero-order chi connectivity index (χ0) is 18.7. The van der Waals surface area contributed by atoms with Gasteiger partial charge in [-0.2, -0.15) is 0 Å². The van der Waals surface area contributed by atoms with E-state index in [0.717, 1.165) is 17.5 Å². The smallest absolute Gasteiger partial charge is 0.203 e. The quantitative estimate of drug-likeness (QED) is 0.485. The summed E-state index contributed by atoms with van der Waals surface area (Å²) in [7, 11) is 1.65. The van der Waals surface area contributed by atoms with Crippen molar-refractivity contribution in [3.05, 3.63) is 63.7 Å². The summed E-state index contributed by atoms with van der Waals surface area (Å²) in [6.45, 7) is 1.25. The molecule has 0 saturated heterocycles. The highest BCUT2D eigenvalue weighted by molar-refractivity contribution is 6.35. The van der Waals surface area contributed by atoms with Gasteiger partial charge in [0.25, 0.3) is 0 Å². The van der Waals surface area contributed by atoms with E-state index < -0.39 is 0 Å². The summed E-state index contributed by atoms with van der Waals surface area (Å²) in [4.78, 5) is 12.7. The molecule has 0 aliphatic carbocycles. The van der Waals surface area contributed by atoms with E-state index in [0.29, 0.717) is 28.8 Å². The predicted octanol–water partition coefficient (Wildman–Crippen LogP) is 4.15. The van der Waals surface area contributed by atoms with E-state index in [1.165, 1.54) is 0 Å². The van der Waals surface area contributed by atoms with Crippen molar-refractivity contribution in [2.45, 2.75) is 19.5 Å². The van der Waals surface area contributed by atoms with Crippen LogP contribution < -0.4 is 5.62 Å². The first kappa shape index (κ1) is 18.7. The number of carbonyl (C=O) groups excluding carboxylic acids is 1. The summed E-state index contributed by atoms with van der Waals surface area (Å²) >= 11 is 12.3. The maximum atomic E-state index is 12.7. The predicted molar refractivity (Wildman–Crippen MR) is 103 cm³/mol. The SMILES string of the molecule is COCCCn1c(=N)n(CC(=O)c2ccc(Cl)cc2)c2cccc(Cl)c21. The zero-order valence-corrected chi connectivity index (χ0v) is 15.8. The Bertz CT molecular complexity index is 990. The van der Waals surface area contributed by atoms with Crippen LogP contribution in [-0.2, 0) is 17.8 Å². The number of nitrogens with one attached hydrogen (secondary N) is 1. The molecular weight excluding hydrogens is 373 g/mol. The van der Waals surface area contributed by atoms with E-state index in [1.54, 1.807) is 42.0 Å². The van der Waals surface area contributed by atoms with Gasteiger partial charge in [0, 0.05) is 30.8 Å². The van der Waals surface area contributed by atoms with Crippen molar-refractivity contribution in [2.75, 3.05) is 13.7 Å². The second kappa shape index (κ2) is 8.08. The van der Waals surface area contributed by atoms with Crippen LogP contribution in [-0.4, -0.2) is 28.6 Å². The van der Waals surface area contributed by atoms with Gasteiger partial charge in [0.05, 0.1) is 22.6 Å². The number of imidazole rings is 1. The molecule has 0 aliphatic rings. The molecule has 1 N–H and O–H groups in total. The number of rotatable bonds is 7. The molecule has 0 fully saturated rings. The van der Waals surface area contributed by atoms with Gasteiger partial charge in [0.15, 0.2) is 5.78 Å². The number of aromatic nitrogens is 2. The number of nitrogens with zero attached hydrogens (tertiary/aromatic N) is 2. The lowest BCUT2D eigenvalue weighted by atomic mass is 10.1. The van der Waals surface area contributed by atoms with E-state index in [4.69, 9.17) is 33.3 Å². The lowest BCUT2D eigenvalue weighted by molar-refractivity contribution is 0.0971. The summed E-state index contributed by atoms with van der Waals surface area (Å²) in [5.41, 5.74) is 2.33. The standard InChI is InChI=1S/C19H19Cl2N3O2/c1-26-11-3-10-23-18-15(21)4-2-5-16(18)24(19(23)22)12-17(25)13-6-8-14(20)9-7-13/h2,4-9,22H,3,10-12H2,1H3. The molecule has 2 aromatic carbocycles. The van der Waals surface area contributed by atoms with Crippen molar-refractivity contribution >= 4 is 40.0 Å². The van der Waals surface area contributed by atoms with Gasteiger partial charge in [-0.3, -0.25) is 10.2 Å². The molecule has 0 saturated carbocycles. The first-order valence-corrected chi connectivity index (χ1v) is 8.98. The molecule has 1 aromatic heterocycles. The minimum absolute atomic E-state index is 0.0641. The number of para-hydroxylation sites is 1. The zero-order valence-electron chi connectivity index (χ0n) is 14.3. The normalized spacial score (nSPS) is 11.2. The molecule has 3 rings (SSSR count). The van der Waals surface area contributed by atoms with Crippen LogP contribution in [0.3, 0.4) is 0 Å². The number of hydrogen-bond acceptors (Lipinski definition) is 3. The highest BCUT2D eigenvalue weighted by atomic mass is 35.5. The summed E-state index contributed by atoms with van der Waals surface area (Å²) in [5.74, 6) is -0.0870. The summed E-state index contributed by atoms with van der Waals surface area (Å²) in [6, 6.07) is 12.3. The van der Waals surface area contributed by atoms with Gasteiger partial charge in [-0.1, -0.05) is 29.3 Å². The number of ketones is 1. The number of carbonyl (C=O) groups is 1. The van der Waals surface area contributed by atoms with Crippen molar-refractivity contribution in [3.63, 3.8) is 0 Å². The van der Waals surface area contributed by atoms with Crippen LogP contribution in [0.1, 0.15) is 16.8 Å². The van der Waals surface area contributed by atoms with Crippen molar-refractivity contribution in [1.82, 2.24) is 9.13 Å². The van der Waals surface area contributed by atoms with Gasteiger partial charge in [-0.15, -0.1) is 0 Å². The average molecular weight is 392 g/mol. The molecule has 0 unspecified atom stereocenters. The van der Waals surface area contributed by atoms with Crippen LogP contribution >= 0.6 is 23.2 Å². The number of ether oxygens (including phenoxy) is 1. The van der Waals surface area contributed by atoms with E-state index in [1.807, 2.05) is 16.7 Å². The van der Waals surface area contributed by atoms with Crippen LogP contribution in [0.4, 0.5) is 0 Å². The number of Topliss-reactive ketones (excluding diaryl/α,β-unsaturated/α-hetero) is 1. The lowest BCUT2D eigenvalue weighted by Gasteiger charge is -2.05. The fourth-order valence-corrected chi connectivity index (χ4v) is 3.37. The minimum Gasteiger partial charge on any atom is -0.385 e. The fraction of sp³-hybridized carbons (Fsp3) is 0.263. The van der Waals surface area contributed by atoms with Crippen LogP contribution in [0.5, 0.6) is 0 Å². The average Bonchev–Trinajstić information content (AvgIpc) is 2.89. The number of aryl methyl sites for hydroxylation is 1. The van der Waals surface area contributed by atoms with Crippen molar-refractivity contribution in [2.24, 2.45) is 0 Å². The Morgan fingerprint density at radius 2 is 1.85 bits per heavy atom. The van der Waals surface area contributed by atoms with Gasteiger partial charge < -0.3 is 13.9 Å². The lowest BCUT2D eigenvalue weighted by Crippen LogP contribution is -2.27. The molecule has 0 aliphatic heterocycles. The number of fused-ring (bicyclic) bond motifs is 1. The summed E-state index contributed by atoms with van der Waals surface area (Å²) in [5, 5.41) is 9.69. The van der Waals surface area contributed by atoms with Gasteiger partial charge in [-0.05, 0) is 42.8 Å². The van der Waals surface area contributed by atoms with Crippen LogP contribution in [0.15, 0.2) is 42.5 Å². The van der Waals surface area contributed by atoms with Crippen molar-refractivity contribution in [3.8, 4) is 0 Å². The van der Waals surface area contributed by atoms with E-state index in [9.17, 15) is 4.79 Å². The van der Waals surface area contributed by atoms with Crippen LogP contribution in [0, 0.1) is 5.41 Å². The Balaban J connectivity index is 2.01. The van der Waals surface area contributed by atoms with Crippen LogP contribution in [0.25, 0.3) is 11.0 Å². The summed E-state index contributed by atoms with van der Waals surface area (Å²) < 4.78 is 8.62. The molecule has 3 aromatic rings. The Labute approximate surface area is 161 Å². The third-order valence-electron chi connectivity index (χ3n) is 4.24. The molecule has 136 valence electrons. The molecule has 0 spiro atoms. The van der Waals surface area contributed by atoms with Gasteiger partial charge in [-0.25, -0.2) is 0 Å². The molecule has 0 amide bonds. The maximum absolute atomic E-state index is 12.7. The molecule has 0 atom stereocenters. The molecule has 26 heavy (non-hydrogen) atoms. The Hall–Kier alpha value is -2.08. The van der Waals surface area contributed by atoms with Crippen molar-refractivity contribution < 1.29 is 9.53 Å². The number of halogens is 2. The van der Waals surface area contributed by atoms with Crippen molar-refractivity contribution in [1.29, 1.82) is 5.41 Å². The first-order valence-electron chi connectivity index (χ1n) is 8.22. The third-order valence-corrected chi connectivity index (χ3v) is 4.79. The van der Waals surface area contributed by atoms with E-state index >= 15 is 0 Å². The minimum atomic E-state index is -0.0870. The fourth-order valence-electron chi connectivity index (χ4n) is 2.97. The number of benzene rings is 2. The molecule has 0 bridgehead atoms. The van der Waals surface area contributed by atoms with Gasteiger partial charge >= 0.3 is 0 Å². The summed E-state index contributed by atoms with van der Waals surface area (Å²) in [6.07, 6.45) is 0.752. The Morgan fingerprint density at radius 1 is 1.12 bits per heavy atom. The monoisotopic (exact) mass is 391 g/mol. The van der Waals surface area contributed by atoms with Gasteiger partial charge in [0.2, 0.25) is 5.62 Å². The maximum Gasteiger partial charge on any atom is 0.203 e. The van der Waals surface area contributed by atoms with E-state index in [2.05, 4.69) is 0 Å². The van der Waals surface area contributed by atoms with Gasteiger partial charge in [0.1, 0.15) is 0 Å². The second-order valence-electron chi connectivity index (χ2n) is 5.95. The number of hydrogen-bond donors (Lipinski definition) is 1. The molecule has 7 heteroatoms. The third kappa shape index (κ3) is 3.70. The van der Waals surface area contributed by atoms with Crippen LogP contribution in [0.2, 0.25) is 10.0 Å². The highest BCUT2D eigenvalue weighted by Crippen LogP contribution is 2.23. The first-order chi connectivity index (χ1) is 12.5.